The molecule has 0 unspecified atom stereocenters. The molecule has 9 heteroatoms. The number of aromatic nitrogens is 2. The van der Waals surface area contributed by atoms with Crippen LogP contribution in [0.1, 0.15) is 22.5 Å². The Bertz CT molecular complexity index is 1110. The minimum Gasteiger partial charge on any atom is -0.496 e. The average molecular weight is 461 g/mol. The lowest BCUT2D eigenvalue weighted by Crippen LogP contribution is -2.24. The normalized spacial score (nSPS) is 11.0. The number of nitrogens with one attached hydrogen (secondary N) is 1. The van der Waals surface area contributed by atoms with Crippen molar-refractivity contribution in [3.63, 3.8) is 0 Å². The molecule has 7 nitrogen and oxygen atoms in total. The molecule has 3 aromatic rings. The number of carbonyl (C=O) groups is 1. The first kappa shape index (κ1) is 22.7. The number of amides is 1. The molecule has 1 heterocycles. The Kier molecular flexibility index (Phi) is 7.55. The third kappa shape index (κ3) is 6.23. The molecule has 0 atom stereocenters. The maximum Gasteiger partial charge on any atom is 0.277 e. The van der Waals surface area contributed by atoms with E-state index >= 15 is 0 Å². The average Bonchev–Trinajstić information content (AvgIpc) is 3.04. The Balaban J connectivity index is 1.61. The molecule has 0 fully saturated rings. The summed E-state index contributed by atoms with van der Waals surface area (Å²) in [7, 11) is 1.63. The third-order valence-corrected chi connectivity index (χ3v) is 4.91. The first-order valence-electron chi connectivity index (χ1n) is 9.43. The summed E-state index contributed by atoms with van der Waals surface area (Å²) in [4.78, 5) is 12.0. The zero-order valence-electron chi connectivity index (χ0n) is 17.4. The van der Waals surface area contributed by atoms with Crippen LogP contribution in [-0.4, -0.2) is 35.6 Å². The van der Waals surface area contributed by atoms with Crippen molar-refractivity contribution in [2.75, 3.05) is 13.7 Å². The lowest BCUT2D eigenvalue weighted by Gasteiger charge is -2.11. The highest BCUT2D eigenvalue weighted by Crippen LogP contribution is 2.27. The third-order valence-electron chi connectivity index (χ3n) is 4.38. The zero-order chi connectivity index (χ0) is 22.4. The number of ether oxygens (including phenoxy) is 2. The summed E-state index contributed by atoms with van der Waals surface area (Å²) in [6, 6.07) is 12.4. The first-order chi connectivity index (χ1) is 14.9. The molecular formula is C22H22Cl2N4O3. The molecule has 0 bridgehead atoms. The molecular weight excluding hydrogens is 439 g/mol. The number of aryl methyl sites for hydroxylation is 2. The molecule has 0 saturated heterocycles. The Hall–Kier alpha value is -3.03. The van der Waals surface area contributed by atoms with Crippen LogP contribution in [0.4, 0.5) is 0 Å². The highest BCUT2D eigenvalue weighted by atomic mass is 35.5. The summed E-state index contributed by atoms with van der Waals surface area (Å²) in [5.74, 6) is 0.703. The second kappa shape index (κ2) is 10.3. The molecule has 0 aliphatic carbocycles. The zero-order valence-corrected chi connectivity index (χ0v) is 18.9. The molecule has 1 N–H and O–H groups in total. The van der Waals surface area contributed by atoms with E-state index in [9.17, 15) is 4.79 Å². The molecule has 0 saturated carbocycles. The Morgan fingerprint density at radius 3 is 2.61 bits per heavy atom. The Labute approximate surface area is 190 Å². The quantitative estimate of drug-likeness (QED) is 0.399. The van der Waals surface area contributed by atoms with Crippen molar-refractivity contribution in [1.29, 1.82) is 0 Å². The minimum absolute atomic E-state index is 0.232. The maximum atomic E-state index is 12.0. The topological polar surface area (TPSA) is 77.7 Å². The molecule has 0 radical (unpaired) electrons. The number of hydrogen-bond acceptors (Lipinski definition) is 5. The van der Waals surface area contributed by atoms with Gasteiger partial charge in [0.05, 0.1) is 30.6 Å². The minimum atomic E-state index is -0.418. The van der Waals surface area contributed by atoms with Gasteiger partial charge in [-0.05, 0) is 61.9 Å². The number of nitrogens with zero attached hydrogens (tertiary/aromatic N) is 3. The molecule has 0 aliphatic rings. The summed E-state index contributed by atoms with van der Waals surface area (Å²) >= 11 is 11.9. The van der Waals surface area contributed by atoms with Gasteiger partial charge in [0.1, 0.15) is 11.5 Å². The van der Waals surface area contributed by atoms with E-state index in [0.717, 1.165) is 28.3 Å². The molecule has 2 aromatic carbocycles. The maximum absolute atomic E-state index is 12.0. The predicted octanol–water partition coefficient (Wildman–Crippen LogP) is 4.39. The van der Waals surface area contributed by atoms with Crippen LogP contribution in [-0.2, 0) is 11.3 Å². The van der Waals surface area contributed by atoms with Crippen molar-refractivity contribution in [1.82, 2.24) is 15.2 Å². The van der Waals surface area contributed by atoms with Crippen LogP contribution < -0.4 is 14.9 Å². The molecule has 0 spiro atoms. The van der Waals surface area contributed by atoms with Gasteiger partial charge in [-0.25, -0.2) is 5.43 Å². The van der Waals surface area contributed by atoms with Crippen LogP contribution >= 0.6 is 23.2 Å². The van der Waals surface area contributed by atoms with Gasteiger partial charge < -0.3 is 9.47 Å². The lowest BCUT2D eigenvalue weighted by molar-refractivity contribution is -0.123. The van der Waals surface area contributed by atoms with Gasteiger partial charge in [-0.3, -0.25) is 9.48 Å². The fourth-order valence-corrected chi connectivity index (χ4v) is 3.41. The molecule has 1 amide bonds. The highest BCUT2D eigenvalue weighted by molar-refractivity contribution is 6.35. The predicted molar refractivity (Wildman–Crippen MR) is 121 cm³/mol. The van der Waals surface area contributed by atoms with Crippen molar-refractivity contribution in [2.24, 2.45) is 5.10 Å². The van der Waals surface area contributed by atoms with E-state index in [1.165, 1.54) is 0 Å². The van der Waals surface area contributed by atoms with Gasteiger partial charge in [-0.15, -0.1) is 0 Å². The molecule has 3 rings (SSSR count). The Morgan fingerprint density at radius 2 is 1.94 bits per heavy atom. The van der Waals surface area contributed by atoms with Gasteiger partial charge in [0.25, 0.3) is 5.91 Å². The van der Waals surface area contributed by atoms with Crippen LogP contribution in [0.3, 0.4) is 0 Å². The van der Waals surface area contributed by atoms with Crippen LogP contribution in [0, 0.1) is 13.8 Å². The van der Waals surface area contributed by atoms with Crippen molar-refractivity contribution in [2.45, 2.75) is 20.4 Å². The van der Waals surface area contributed by atoms with E-state index in [-0.39, 0.29) is 6.61 Å². The van der Waals surface area contributed by atoms with Crippen LogP contribution in [0.2, 0.25) is 10.0 Å². The number of hydrogen-bond donors (Lipinski definition) is 1. The van der Waals surface area contributed by atoms with Crippen LogP contribution in [0.5, 0.6) is 11.5 Å². The van der Waals surface area contributed by atoms with E-state index in [0.29, 0.717) is 22.3 Å². The van der Waals surface area contributed by atoms with Gasteiger partial charge in [0.15, 0.2) is 6.61 Å². The first-order valence-corrected chi connectivity index (χ1v) is 10.2. The second-order valence-corrected chi connectivity index (χ2v) is 7.66. The summed E-state index contributed by atoms with van der Waals surface area (Å²) in [5.41, 5.74) is 6.20. The summed E-state index contributed by atoms with van der Waals surface area (Å²) in [6.07, 6.45) is 1.55. The van der Waals surface area contributed by atoms with Gasteiger partial charge in [0, 0.05) is 16.3 Å². The number of carbonyl (C=O) groups excluding carboxylic acids is 1. The van der Waals surface area contributed by atoms with Crippen molar-refractivity contribution in [3.05, 3.63) is 75.0 Å². The van der Waals surface area contributed by atoms with Crippen molar-refractivity contribution >= 4 is 35.3 Å². The largest absolute Gasteiger partial charge is 0.496 e. The van der Waals surface area contributed by atoms with E-state index in [4.69, 9.17) is 32.7 Å². The standard InChI is InChI=1S/C22H22Cl2N4O3/c1-14-8-15(2)28(27-14)12-17-9-16(4-6-20(17)30-3)11-25-26-22(29)13-31-21-7-5-18(23)10-19(21)24/h4-11H,12-13H2,1-3H3,(H,26,29)/b25-11+. The van der Waals surface area contributed by atoms with Gasteiger partial charge in [-0.2, -0.15) is 10.2 Å². The van der Waals surface area contributed by atoms with Crippen LogP contribution in [0.25, 0.3) is 0 Å². The van der Waals surface area contributed by atoms with E-state index in [1.807, 2.05) is 42.8 Å². The lowest BCUT2D eigenvalue weighted by atomic mass is 10.1. The number of hydrazone groups is 1. The monoisotopic (exact) mass is 460 g/mol. The summed E-state index contributed by atoms with van der Waals surface area (Å²) in [6.45, 7) is 4.29. The highest BCUT2D eigenvalue weighted by Gasteiger charge is 2.09. The SMILES string of the molecule is COc1ccc(/C=N/NC(=O)COc2ccc(Cl)cc2Cl)cc1Cn1nc(C)cc1C. The van der Waals surface area contributed by atoms with Gasteiger partial charge >= 0.3 is 0 Å². The van der Waals surface area contributed by atoms with Crippen molar-refractivity contribution < 1.29 is 14.3 Å². The molecule has 1 aromatic heterocycles. The van der Waals surface area contributed by atoms with E-state index in [1.54, 1.807) is 31.5 Å². The number of halogens is 2. The van der Waals surface area contributed by atoms with E-state index in [2.05, 4.69) is 15.6 Å². The Morgan fingerprint density at radius 1 is 1.16 bits per heavy atom. The second-order valence-electron chi connectivity index (χ2n) is 6.81. The fraction of sp³-hybridized carbons (Fsp3) is 0.227. The number of rotatable bonds is 8. The fourth-order valence-electron chi connectivity index (χ4n) is 2.95. The molecule has 0 aliphatic heterocycles. The van der Waals surface area contributed by atoms with Gasteiger partial charge in [0.2, 0.25) is 0 Å². The number of benzene rings is 2. The van der Waals surface area contributed by atoms with Crippen molar-refractivity contribution in [3.8, 4) is 11.5 Å². The van der Waals surface area contributed by atoms with E-state index < -0.39 is 5.91 Å². The summed E-state index contributed by atoms with van der Waals surface area (Å²) < 4.78 is 12.8. The number of methoxy groups -OCH3 is 1. The molecule has 162 valence electrons. The van der Waals surface area contributed by atoms with Crippen LogP contribution in [0.15, 0.2) is 47.6 Å². The summed E-state index contributed by atoms with van der Waals surface area (Å²) in [5, 5.41) is 9.31. The molecule has 31 heavy (non-hydrogen) atoms. The van der Waals surface area contributed by atoms with Gasteiger partial charge in [-0.1, -0.05) is 23.2 Å². The smallest absolute Gasteiger partial charge is 0.277 e.